The molecule has 2 nitrogen and oxygen atoms in total. The normalized spacial score (nSPS) is 12.6. The summed E-state index contributed by atoms with van der Waals surface area (Å²) < 4.78 is 1.18. The summed E-state index contributed by atoms with van der Waals surface area (Å²) in [4.78, 5) is 4.34. The lowest BCUT2D eigenvalue weighted by molar-refractivity contribution is 0.612. The Labute approximate surface area is 121 Å². The van der Waals surface area contributed by atoms with E-state index in [4.69, 9.17) is 0 Å². The first-order chi connectivity index (χ1) is 8.66. The molecule has 0 saturated carbocycles. The Morgan fingerprint density at radius 3 is 2.94 bits per heavy atom. The summed E-state index contributed by atoms with van der Waals surface area (Å²) >= 11 is 5.29. The topological polar surface area (TPSA) is 24.9 Å². The van der Waals surface area contributed by atoms with Gasteiger partial charge in [-0.05, 0) is 24.1 Å². The number of thiazole rings is 1. The lowest BCUT2D eigenvalue weighted by Crippen LogP contribution is -2.19. The van der Waals surface area contributed by atoms with Gasteiger partial charge in [-0.1, -0.05) is 35.0 Å². The van der Waals surface area contributed by atoms with Crippen molar-refractivity contribution in [2.75, 3.05) is 6.54 Å². The molecule has 0 aliphatic rings. The number of hydrogen-bond acceptors (Lipinski definition) is 3. The minimum Gasteiger partial charge on any atom is -0.312 e. The van der Waals surface area contributed by atoms with Crippen molar-refractivity contribution in [3.8, 4) is 0 Å². The van der Waals surface area contributed by atoms with E-state index in [0.717, 1.165) is 13.1 Å². The zero-order valence-corrected chi connectivity index (χ0v) is 13.0. The minimum atomic E-state index is 0.471. The van der Waals surface area contributed by atoms with Crippen molar-refractivity contribution in [2.24, 2.45) is 0 Å². The Morgan fingerprint density at radius 2 is 2.28 bits per heavy atom. The van der Waals surface area contributed by atoms with Crippen LogP contribution >= 0.6 is 27.3 Å². The molecule has 0 spiro atoms. The van der Waals surface area contributed by atoms with Gasteiger partial charge in [0.15, 0.2) is 0 Å². The van der Waals surface area contributed by atoms with Crippen molar-refractivity contribution in [1.82, 2.24) is 10.3 Å². The van der Waals surface area contributed by atoms with Gasteiger partial charge in [-0.25, -0.2) is 4.98 Å². The highest BCUT2D eigenvalue weighted by atomic mass is 79.9. The number of aryl methyl sites for hydroxylation is 1. The highest BCUT2D eigenvalue weighted by Crippen LogP contribution is 2.18. The molecular weight excluding hydrogens is 308 g/mol. The molecule has 0 saturated heterocycles. The van der Waals surface area contributed by atoms with Crippen LogP contribution in [0.5, 0.6) is 0 Å². The van der Waals surface area contributed by atoms with Crippen LogP contribution in [0.15, 0.2) is 34.2 Å². The van der Waals surface area contributed by atoms with E-state index >= 15 is 0 Å². The van der Waals surface area contributed by atoms with Gasteiger partial charge in [0.1, 0.15) is 0 Å². The average molecular weight is 325 g/mol. The van der Waals surface area contributed by atoms with E-state index in [1.54, 1.807) is 11.3 Å². The van der Waals surface area contributed by atoms with Crippen LogP contribution in [0, 0.1) is 6.92 Å². The van der Waals surface area contributed by atoms with Gasteiger partial charge in [-0.3, -0.25) is 0 Å². The summed E-state index contributed by atoms with van der Waals surface area (Å²) in [7, 11) is 0. The molecular formula is C14H17BrN2S. The van der Waals surface area contributed by atoms with Crippen LogP contribution in [0.1, 0.15) is 29.0 Å². The van der Waals surface area contributed by atoms with Gasteiger partial charge in [0.05, 0.1) is 5.01 Å². The summed E-state index contributed by atoms with van der Waals surface area (Å²) in [5.74, 6) is 0.471. The number of nitrogens with one attached hydrogen (secondary N) is 1. The van der Waals surface area contributed by atoms with Crippen molar-refractivity contribution < 1.29 is 0 Å². The third-order valence-corrected chi connectivity index (χ3v) is 4.75. The average Bonchev–Trinajstić information content (AvgIpc) is 2.87. The fourth-order valence-electron chi connectivity index (χ4n) is 1.74. The van der Waals surface area contributed by atoms with Crippen LogP contribution in [0.2, 0.25) is 0 Å². The van der Waals surface area contributed by atoms with Gasteiger partial charge in [0.2, 0.25) is 0 Å². The van der Waals surface area contributed by atoms with E-state index in [1.165, 1.54) is 20.6 Å². The maximum absolute atomic E-state index is 4.34. The molecule has 4 heteroatoms. The number of benzene rings is 1. The van der Waals surface area contributed by atoms with E-state index in [2.05, 4.69) is 58.3 Å². The first kappa shape index (κ1) is 13.7. The SMILES string of the molecule is Cc1ccc(CNCC(C)c2nccs2)cc1Br. The zero-order valence-electron chi connectivity index (χ0n) is 10.6. The van der Waals surface area contributed by atoms with Crippen LogP contribution in [0.25, 0.3) is 0 Å². The fraction of sp³-hybridized carbons (Fsp3) is 0.357. The molecule has 0 bridgehead atoms. The number of rotatable bonds is 5. The van der Waals surface area contributed by atoms with Gasteiger partial charge >= 0.3 is 0 Å². The predicted octanol–water partition coefficient (Wildman–Crippen LogP) is 4.11. The van der Waals surface area contributed by atoms with Gasteiger partial charge in [-0.2, -0.15) is 0 Å². The van der Waals surface area contributed by atoms with Crippen LogP contribution in [0.3, 0.4) is 0 Å². The molecule has 1 atom stereocenters. The van der Waals surface area contributed by atoms with Gasteiger partial charge in [-0.15, -0.1) is 11.3 Å². The number of aromatic nitrogens is 1. The van der Waals surface area contributed by atoms with E-state index in [-0.39, 0.29) is 0 Å². The summed E-state index contributed by atoms with van der Waals surface area (Å²) in [6.07, 6.45) is 1.87. The van der Waals surface area contributed by atoms with Gasteiger partial charge < -0.3 is 5.32 Å². The molecule has 1 heterocycles. The molecule has 1 unspecified atom stereocenters. The maximum atomic E-state index is 4.34. The van der Waals surface area contributed by atoms with Crippen molar-refractivity contribution in [3.05, 3.63) is 50.4 Å². The highest BCUT2D eigenvalue weighted by Gasteiger charge is 2.07. The first-order valence-electron chi connectivity index (χ1n) is 6.02. The van der Waals surface area contributed by atoms with E-state index in [9.17, 15) is 0 Å². The molecule has 1 aromatic carbocycles. The second-order valence-corrected chi connectivity index (χ2v) is 6.27. The second kappa shape index (κ2) is 6.45. The van der Waals surface area contributed by atoms with Crippen LogP contribution < -0.4 is 5.32 Å². The fourth-order valence-corrected chi connectivity index (χ4v) is 2.87. The molecule has 0 fully saturated rings. The number of halogens is 1. The molecule has 2 aromatic rings. The van der Waals surface area contributed by atoms with Gasteiger partial charge in [0, 0.05) is 35.1 Å². The van der Waals surface area contributed by atoms with Gasteiger partial charge in [0.25, 0.3) is 0 Å². The Hall–Kier alpha value is -0.710. The summed E-state index contributed by atoms with van der Waals surface area (Å²) in [6, 6.07) is 6.49. The van der Waals surface area contributed by atoms with Crippen LogP contribution in [0.4, 0.5) is 0 Å². The van der Waals surface area contributed by atoms with Crippen molar-refractivity contribution >= 4 is 27.3 Å². The molecule has 0 aliphatic heterocycles. The van der Waals surface area contributed by atoms with Crippen LogP contribution in [-0.2, 0) is 6.54 Å². The maximum Gasteiger partial charge on any atom is 0.0965 e. The summed E-state index contributed by atoms with van der Waals surface area (Å²) in [5.41, 5.74) is 2.58. The molecule has 96 valence electrons. The monoisotopic (exact) mass is 324 g/mol. The molecule has 0 aliphatic carbocycles. The highest BCUT2D eigenvalue weighted by molar-refractivity contribution is 9.10. The standard InChI is InChI=1S/C14H17BrN2S/c1-10-3-4-12(7-13(10)15)9-16-8-11(2)14-17-5-6-18-14/h3-7,11,16H,8-9H2,1-2H3. The Morgan fingerprint density at radius 1 is 1.44 bits per heavy atom. The molecule has 2 rings (SSSR count). The molecule has 0 amide bonds. The number of hydrogen-bond donors (Lipinski definition) is 1. The van der Waals surface area contributed by atoms with Crippen molar-refractivity contribution in [2.45, 2.75) is 26.3 Å². The lowest BCUT2D eigenvalue weighted by atomic mass is 10.1. The van der Waals surface area contributed by atoms with Crippen molar-refractivity contribution in [1.29, 1.82) is 0 Å². The molecule has 0 radical (unpaired) electrons. The zero-order chi connectivity index (χ0) is 13.0. The lowest BCUT2D eigenvalue weighted by Gasteiger charge is -2.10. The van der Waals surface area contributed by atoms with E-state index in [1.807, 2.05) is 11.6 Å². The molecule has 1 aromatic heterocycles. The second-order valence-electron chi connectivity index (χ2n) is 4.49. The summed E-state index contributed by atoms with van der Waals surface area (Å²) in [5, 5.41) is 6.71. The van der Waals surface area contributed by atoms with Crippen LogP contribution in [-0.4, -0.2) is 11.5 Å². The van der Waals surface area contributed by atoms with Crippen molar-refractivity contribution in [3.63, 3.8) is 0 Å². The van der Waals surface area contributed by atoms with E-state index < -0.39 is 0 Å². The quantitative estimate of drug-likeness (QED) is 0.895. The molecule has 1 N–H and O–H groups in total. The third kappa shape index (κ3) is 3.64. The first-order valence-corrected chi connectivity index (χ1v) is 7.69. The summed E-state index contributed by atoms with van der Waals surface area (Å²) in [6.45, 7) is 6.16. The minimum absolute atomic E-state index is 0.471. The Balaban J connectivity index is 1.83. The third-order valence-electron chi connectivity index (χ3n) is 2.89. The Bertz CT molecular complexity index is 497. The molecule has 18 heavy (non-hydrogen) atoms. The smallest absolute Gasteiger partial charge is 0.0965 e. The Kier molecular flexibility index (Phi) is 4.92. The predicted molar refractivity (Wildman–Crippen MR) is 81.1 cm³/mol. The largest absolute Gasteiger partial charge is 0.312 e. The number of nitrogens with zero attached hydrogens (tertiary/aromatic N) is 1. The van der Waals surface area contributed by atoms with E-state index in [0.29, 0.717) is 5.92 Å².